The number of carbonyl (C=O) groups is 2. The minimum absolute atomic E-state index is 0.102. The van der Waals surface area contributed by atoms with E-state index in [-0.39, 0.29) is 9.83 Å². The first-order valence-electron chi connectivity index (χ1n) is 7.67. The largest absolute Gasteiger partial charge is 0.481 e. The van der Waals surface area contributed by atoms with Gasteiger partial charge < -0.3 is 10.4 Å². The molecule has 3 rings (SSSR count). The number of nitrogens with zero attached hydrogens (tertiary/aromatic N) is 1. The van der Waals surface area contributed by atoms with Gasteiger partial charge in [0.2, 0.25) is 0 Å². The van der Waals surface area contributed by atoms with E-state index in [1.807, 2.05) is 0 Å². The van der Waals surface area contributed by atoms with Crippen LogP contribution in [0.15, 0.2) is 42.5 Å². The van der Waals surface area contributed by atoms with Crippen LogP contribution in [0.1, 0.15) is 11.5 Å². The summed E-state index contributed by atoms with van der Waals surface area (Å²) in [5, 5.41) is 13.9. The number of benzene rings is 2. The molecular formula is C17H11F4N3O3S. The van der Waals surface area contributed by atoms with Gasteiger partial charge in [0.05, 0.1) is 10.2 Å². The van der Waals surface area contributed by atoms with E-state index in [4.69, 9.17) is 5.11 Å². The van der Waals surface area contributed by atoms with E-state index in [2.05, 4.69) is 15.6 Å². The van der Waals surface area contributed by atoms with E-state index in [9.17, 15) is 27.2 Å². The Balaban J connectivity index is 1.79. The molecule has 0 radical (unpaired) electrons. The Morgan fingerprint density at radius 3 is 2.36 bits per heavy atom. The smallest absolute Gasteiger partial charge is 0.406 e. The zero-order valence-corrected chi connectivity index (χ0v) is 14.6. The molecule has 0 aliphatic heterocycles. The Hall–Kier alpha value is -3.21. The van der Waals surface area contributed by atoms with Crippen LogP contribution in [0.5, 0.6) is 0 Å². The van der Waals surface area contributed by atoms with Crippen molar-refractivity contribution >= 4 is 44.4 Å². The number of carboxylic acids is 1. The van der Waals surface area contributed by atoms with E-state index in [0.717, 1.165) is 35.6 Å². The zero-order chi connectivity index (χ0) is 20.5. The maximum Gasteiger partial charge on any atom is 0.406 e. The molecule has 2 aromatic carbocycles. The molecule has 1 atom stereocenters. The van der Waals surface area contributed by atoms with Crippen molar-refractivity contribution in [2.75, 3.05) is 10.6 Å². The third-order valence-electron chi connectivity index (χ3n) is 3.64. The molecule has 3 aromatic rings. The van der Waals surface area contributed by atoms with Gasteiger partial charge in [0.1, 0.15) is 5.82 Å². The average Bonchev–Trinajstić information content (AvgIpc) is 2.96. The van der Waals surface area contributed by atoms with Crippen molar-refractivity contribution in [2.24, 2.45) is 0 Å². The standard InChI is InChI=1S/C17H11F4N3O3S/c18-9-2-4-10(5-3-9)22-15(27)24-16-23-11-6-1-8(7-12(11)28-16)13(14(25)26)17(19,20)21/h1-7,13H,(H,25,26)(H2,22,23,24,27). The number of hydrogen-bond acceptors (Lipinski definition) is 4. The monoisotopic (exact) mass is 413 g/mol. The number of fused-ring (bicyclic) bond motifs is 1. The number of alkyl halides is 3. The summed E-state index contributed by atoms with van der Waals surface area (Å²) < 4.78 is 52.1. The molecule has 0 bridgehead atoms. The maximum absolute atomic E-state index is 13.0. The van der Waals surface area contributed by atoms with Crippen LogP contribution in [-0.4, -0.2) is 28.3 Å². The fraction of sp³-hybridized carbons (Fsp3) is 0.118. The van der Waals surface area contributed by atoms with Crippen LogP contribution in [0.25, 0.3) is 10.2 Å². The van der Waals surface area contributed by atoms with Crippen molar-refractivity contribution in [2.45, 2.75) is 12.1 Å². The van der Waals surface area contributed by atoms with Crippen molar-refractivity contribution in [1.29, 1.82) is 0 Å². The fourth-order valence-electron chi connectivity index (χ4n) is 2.44. The number of aliphatic carboxylic acids is 1. The van der Waals surface area contributed by atoms with Gasteiger partial charge in [0.25, 0.3) is 0 Å². The van der Waals surface area contributed by atoms with Crippen molar-refractivity contribution in [1.82, 2.24) is 4.98 Å². The Morgan fingerprint density at radius 2 is 1.75 bits per heavy atom. The minimum Gasteiger partial charge on any atom is -0.481 e. The van der Waals surface area contributed by atoms with Gasteiger partial charge in [0.15, 0.2) is 11.0 Å². The van der Waals surface area contributed by atoms with E-state index >= 15 is 0 Å². The molecule has 28 heavy (non-hydrogen) atoms. The van der Waals surface area contributed by atoms with Gasteiger partial charge in [-0.3, -0.25) is 10.1 Å². The second-order valence-electron chi connectivity index (χ2n) is 5.65. The third kappa shape index (κ3) is 4.36. The number of carboxylic acid groups (broad SMARTS) is 1. The fourth-order valence-corrected chi connectivity index (χ4v) is 3.35. The summed E-state index contributed by atoms with van der Waals surface area (Å²) in [5.41, 5.74) is 0.201. The first-order valence-corrected chi connectivity index (χ1v) is 8.49. The molecule has 0 saturated carbocycles. The lowest BCUT2D eigenvalue weighted by atomic mass is 9.99. The molecule has 6 nitrogen and oxygen atoms in total. The summed E-state index contributed by atoms with van der Waals surface area (Å²) in [5.74, 6) is -5.13. The third-order valence-corrected chi connectivity index (χ3v) is 4.58. The summed E-state index contributed by atoms with van der Waals surface area (Å²) in [6.45, 7) is 0. The molecule has 2 amide bonds. The molecule has 1 unspecified atom stereocenters. The van der Waals surface area contributed by atoms with Crippen LogP contribution in [0.4, 0.5) is 33.2 Å². The molecule has 3 N–H and O–H groups in total. The first kappa shape index (κ1) is 19.5. The van der Waals surface area contributed by atoms with E-state index < -0.39 is 35.5 Å². The lowest BCUT2D eigenvalue weighted by molar-refractivity contribution is -0.176. The summed E-state index contributed by atoms with van der Waals surface area (Å²) in [6.07, 6.45) is -4.94. The second kappa shape index (κ2) is 7.43. The highest BCUT2D eigenvalue weighted by molar-refractivity contribution is 7.22. The first-order chi connectivity index (χ1) is 13.1. The Kier molecular flexibility index (Phi) is 5.18. The van der Waals surface area contributed by atoms with Crippen LogP contribution in [0, 0.1) is 5.82 Å². The maximum atomic E-state index is 13.0. The van der Waals surface area contributed by atoms with Gasteiger partial charge in [-0.2, -0.15) is 13.2 Å². The SMILES string of the molecule is O=C(Nc1ccc(F)cc1)Nc1nc2ccc(C(C(=O)O)C(F)(F)F)cc2s1. The molecule has 11 heteroatoms. The number of carbonyl (C=O) groups excluding carboxylic acids is 1. The molecule has 0 spiro atoms. The Morgan fingerprint density at radius 1 is 1.07 bits per heavy atom. The predicted molar refractivity (Wildman–Crippen MR) is 95.1 cm³/mol. The van der Waals surface area contributed by atoms with Crippen LogP contribution in [-0.2, 0) is 4.79 Å². The number of hydrogen-bond donors (Lipinski definition) is 3. The average molecular weight is 413 g/mol. The lowest BCUT2D eigenvalue weighted by Gasteiger charge is -2.16. The number of thiazole rings is 1. The van der Waals surface area contributed by atoms with Crippen LogP contribution in [0.3, 0.4) is 0 Å². The quantitative estimate of drug-likeness (QED) is 0.536. The van der Waals surface area contributed by atoms with E-state index in [1.165, 1.54) is 18.2 Å². The van der Waals surface area contributed by atoms with Crippen LogP contribution >= 0.6 is 11.3 Å². The van der Waals surface area contributed by atoms with Gasteiger partial charge in [0, 0.05) is 5.69 Å². The Labute approximate surface area is 158 Å². The number of anilines is 2. The highest BCUT2D eigenvalue weighted by Crippen LogP contribution is 2.37. The Bertz CT molecular complexity index is 1030. The highest BCUT2D eigenvalue weighted by atomic mass is 32.1. The molecule has 146 valence electrons. The predicted octanol–water partition coefficient (Wildman–Crippen LogP) is 4.81. The van der Waals surface area contributed by atoms with Gasteiger partial charge >= 0.3 is 18.2 Å². The van der Waals surface area contributed by atoms with Crippen molar-refractivity contribution in [3.8, 4) is 0 Å². The van der Waals surface area contributed by atoms with Gasteiger partial charge in [-0.05, 0) is 42.0 Å². The normalized spacial score (nSPS) is 12.6. The molecule has 0 aliphatic carbocycles. The molecular weight excluding hydrogens is 402 g/mol. The minimum atomic E-state index is -4.94. The van der Waals surface area contributed by atoms with E-state index in [0.29, 0.717) is 11.2 Å². The number of nitrogens with one attached hydrogen (secondary N) is 2. The number of aromatic nitrogens is 1. The molecule has 0 aliphatic rings. The van der Waals surface area contributed by atoms with Gasteiger partial charge in [-0.1, -0.05) is 17.4 Å². The van der Waals surface area contributed by atoms with Gasteiger partial charge in [-0.25, -0.2) is 14.2 Å². The molecule has 0 fully saturated rings. The van der Waals surface area contributed by atoms with Gasteiger partial charge in [-0.15, -0.1) is 0 Å². The second-order valence-corrected chi connectivity index (χ2v) is 6.68. The highest BCUT2D eigenvalue weighted by Gasteiger charge is 2.46. The zero-order valence-electron chi connectivity index (χ0n) is 13.7. The van der Waals surface area contributed by atoms with Crippen molar-refractivity contribution in [3.05, 3.63) is 53.8 Å². The van der Waals surface area contributed by atoms with Crippen molar-refractivity contribution in [3.63, 3.8) is 0 Å². The summed E-state index contributed by atoms with van der Waals surface area (Å²) >= 11 is 0.889. The van der Waals surface area contributed by atoms with Crippen molar-refractivity contribution < 1.29 is 32.3 Å². The lowest BCUT2D eigenvalue weighted by Crippen LogP contribution is -2.28. The van der Waals surface area contributed by atoms with E-state index in [1.54, 1.807) is 0 Å². The van der Waals surface area contributed by atoms with Crippen LogP contribution in [0.2, 0.25) is 0 Å². The molecule has 1 aromatic heterocycles. The molecule has 1 heterocycles. The topological polar surface area (TPSA) is 91.3 Å². The molecule has 0 saturated heterocycles. The summed E-state index contributed by atoms with van der Waals surface area (Å²) in [7, 11) is 0. The summed E-state index contributed by atoms with van der Waals surface area (Å²) in [4.78, 5) is 27.0. The number of amides is 2. The number of rotatable bonds is 4. The number of urea groups is 1. The number of halogens is 4. The summed E-state index contributed by atoms with van der Waals surface area (Å²) in [6, 6.07) is 7.73. The van der Waals surface area contributed by atoms with Crippen LogP contribution < -0.4 is 10.6 Å².